The lowest BCUT2D eigenvalue weighted by molar-refractivity contribution is -0.128. The van der Waals surface area contributed by atoms with E-state index in [4.69, 9.17) is 0 Å². The van der Waals surface area contributed by atoms with Gasteiger partial charge >= 0.3 is 0 Å². The van der Waals surface area contributed by atoms with Gasteiger partial charge in [-0.05, 0) is 42.9 Å². The second-order valence-electron chi connectivity index (χ2n) is 6.10. The Labute approximate surface area is 104 Å². The van der Waals surface area contributed by atoms with E-state index in [9.17, 15) is 9.90 Å². The zero-order chi connectivity index (χ0) is 12.6. The third-order valence-corrected chi connectivity index (χ3v) is 5.01. The number of carbonyl (C=O) groups excluding carboxylic acids is 1. The Hall–Kier alpha value is -0.630. The van der Waals surface area contributed by atoms with E-state index in [-0.39, 0.29) is 12.5 Å². The molecule has 0 heterocycles. The molecule has 2 nitrogen and oxygen atoms in total. The van der Waals surface area contributed by atoms with Crippen LogP contribution < -0.4 is 0 Å². The second-order valence-corrected chi connectivity index (χ2v) is 6.10. The molecular formula is C15H24O2. The van der Waals surface area contributed by atoms with Crippen molar-refractivity contribution in [2.75, 3.05) is 6.61 Å². The van der Waals surface area contributed by atoms with Gasteiger partial charge < -0.3 is 5.11 Å². The molecule has 2 aliphatic rings. The molecular weight excluding hydrogens is 212 g/mol. The van der Waals surface area contributed by atoms with Gasteiger partial charge in [0.1, 0.15) is 5.78 Å². The first-order valence-electron chi connectivity index (χ1n) is 6.85. The van der Waals surface area contributed by atoms with E-state index in [0.717, 1.165) is 19.3 Å². The van der Waals surface area contributed by atoms with Gasteiger partial charge in [-0.3, -0.25) is 4.79 Å². The molecule has 0 radical (unpaired) electrons. The van der Waals surface area contributed by atoms with Crippen molar-refractivity contribution in [3.05, 3.63) is 12.2 Å². The van der Waals surface area contributed by atoms with Crippen LogP contribution in [0.2, 0.25) is 0 Å². The van der Waals surface area contributed by atoms with Gasteiger partial charge in [0.2, 0.25) is 0 Å². The van der Waals surface area contributed by atoms with E-state index >= 15 is 0 Å². The molecule has 0 aromatic heterocycles. The van der Waals surface area contributed by atoms with Gasteiger partial charge in [-0.1, -0.05) is 26.0 Å². The number of ketones is 1. The maximum Gasteiger partial charge on any atom is 0.136 e. The van der Waals surface area contributed by atoms with E-state index in [1.807, 2.05) is 0 Å². The highest BCUT2D eigenvalue weighted by molar-refractivity contribution is 5.82. The molecule has 2 rings (SSSR count). The summed E-state index contributed by atoms with van der Waals surface area (Å²) in [5.41, 5.74) is 1.27. The minimum atomic E-state index is 0.204. The van der Waals surface area contributed by atoms with E-state index in [1.54, 1.807) is 0 Å². The summed E-state index contributed by atoms with van der Waals surface area (Å²) in [6.07, 6.45) is 3.87. The fourth-order valence-corrected chi connectivity index (χ4v) is 3.79. The van der Waals surface area contributed by atoms with Crippen molar-refractivity contribution < 1.29 is 9.90 Å². The van der Waals surface area contributed by atoms with Crippen LogP contribution in [-0.4, -0.2) is 17.5 Å². The predicted molar refractivity (Wildman–Crippen MR) is 68.5 cm³/mol. The number of hydrogen-bond acceptors (Lipinski definition) is 2. The summed E-state index contributed by atoms with van der Waals surface area (Å²) in [5, 5.41) is 9.37. The number of hydrogen-bond donors (Lipinski definition) is 1. The molecule has 0 aromatic carbocycles. The second kappa shape index (κ2) is 4.93. The maximum absolute atomic E-state index is 11.9. The first kappa shape index (κ1) is 12.8. The summed E-state index contributed by atoms with van der Waals surface area (Å²) in [6.45, 7) is 8.62. The lowest BCUT2D eigenvalue weighted by atomic mass is 9.59. The van der Waals surface area contributed by atoms with E-state index < -0.39 is 0 Å². The van der Waals surface area contributed by atoms with Crippen LogP contribution >= 0.6 is 0 Å². The van der Waals surface area contributed by atoms with Crippen LogP contribution in [0, 0.1) is 29.6 Å². The Bertz CT molecular complexity index is 321. The van der Waals surface area contributed by atoms with Crippen LogP contribution in [0.1, 0.15) is 39.5 Å². The van der Waals surface area contributed by atoms with Gasteiger partial charge in [0.25, 0.3) is 0 Å². The van der Waals surface area contributed by atoms with Crippen LogP contribution in [0.4, 0.5) is 0 Å². The highest BCUT2D eigenvalue weighted by Gasteiger charge is 2.43. The van der Waals surface area contributed by atoms with Gasteiger partial charge in [0, 0.05) is 18.9 Å². The quantitative estimate of drug-likeness (QED) is 0.749. The fraction of sp³-hybridized carbons (Fsp3) is 0.800. The van der Waals surface area contributed by atoms with Crippen molar-refractivity contribution in [2.45, 2.75) is 39.5 Å². The standard InChI is InChI=1S/C15H24O2/c1-9-4-5-12(11(3)8-16)14-6-10(2)15(17)7-13(9)14/h10-14,16H,1,4-8H2,2-3H3/t10-,11?,12-,13-,14-/m0/s1. The average Bonchev–Trinajstić information content (AvgIpc) is 2.31. The molecule has 2 heteroatoms. The molecule has 0 spiro atoms. The van der Waals surface area contributed by atoms with Crippen LogP contribution in [0.25, 0.3) is 0 Å². The number of allylic oxidation sites excluding steroid dienone is 1. The van der Waals surface area contributed by atoms with Crippen LogP contribution in [-0.2, 0) is 4.79 Å². The zero-order valence-corrected chi connectivity index (χ0v) is 11.0. The molecule has 5 atom stereocenters. The number of carbonyl (C=O) groups is 1. The Morgan fingerprint density at radius 2 is 2.24 bits per heavy atom. The molecule has 0 aromatic rings. The summed E-state index contributed by atoms with van der Waals surface area (Å²) >= 11 is 0. The largest absolute Gasteiger partial charge is 0.396 e. The molecule has 0 amide bonds. The molecule has 2 fully saturated rings. The third-order valence-electron chi connectivity index (χ3n) is 5.01. The first-order chi connectivity index (χ1) is 8.04. The fourth-order valence-electron chi connectivity index (χ4n) is 3.79. The van der Waals surface area contributed by atoms with Crippen molar-refractivity contribution in [1.82, 2.24) is 0 Å². The van der Waals surface area contributed by atoms with Gasteiger partial charge in [0.15, 0.2) is 0 Å². The average molecular weight is 236 g/mol. The highest BCUT2D eigenvalue weighted by Crippen LogP contribution is 2.48. The number of aliphatic hydroxyl groups excluding tert-OH is 1. The third kappa shape index (κ3) is 2.33. The molecule has 0 saturated heterocycles. The summed E-state index contributed by atoms with van der Waals surface area (Å²) in [5.74, 6) is 2.51. The monoisotopic (exact) mass is 236 g/mol. The van der Waals surface area contributed by atoms with Gasteiger partial charge in [-0.2, -0.15) is 0 Å². The molecule has 0 aliphatic heterocycles. The minimum absolute atomic E-state index is 0.204. The Morgan fingerprint density at radius 1 is 1.53 bits per heavy atom. The van der Waals surface area contributed by atoms with E-state index in [1.165, 1.54) is 5.57 Å². The summed E-state index contributed by atoms with van der Waals surface area (Å²) in [4.78, 5) is 11.9. The number of aliphatic hydroxyl groups is 1. The van der Waals surface area contributed by atoms with Gasteiger partial charge in [-0.15, -0.1) is 0 Å². The van der Waals surface area contributed by atoms with Crippen LogP contribution in [0.15, 0.2) is 12.2 Å². The van der Waals surface area contributed by atoms with Gasteiger partial charge in [-0.25, -0.2) is 0 Å². The maximum atomic E-state index is 11.9. The molecule has 1 N–H and O–H groups in total. The molecule has 96 valence electrons. The number of rotatable bonds is 2. The predicted octanol–water partition coefficient (Wildman–Crippen LogP) is 2.81. The lowest BCUT2D eigenvalue weighted by Gasteiger charge is -2.45. The lowest BCUT2D eigenvalue weighted by Crippen LogP contribution is -2.41. The van der Waals surface area contributed by atoms with Crippen molar-refractivity contribution in [3.63, 3.8) is 0 Å². The molecule has 2 aliphatic carbocycles. The van der Waals surface area contributed by atoms with Crippen LogP contribution in [0.3, 0.4) is 0 Å². The summed E-state index contributed by atoms with van der Waals surface area (Å²) in [7, 11) is 0. The topological polar surface area (TPSA) is 37.3 Å². The first-order valence-corrected chi connectivity index (χ1v) is 6.85. The minimum Gasteiger partial charge on any atom is -0.396 e. The molecule has 17 heavy (non-hydrogen) atoms. The number of fused-ring (bicyclic) bond motifs is 1. The highest BCUT2D eigenvalue weighted by atomic mass is 16.3. The normalized spacial score (nSPS) is 39.9. The van der Waals surface area contributed by atoms with Crippen molar-refractivity contribution in [3.8, 4) is 0 Å². The Balaban J connectivity index is 2.18. The summed E-state index contributed by atoms with van der Waals surface area (Å²) in [6, 6.07) is 0. The van der Waals surface area contributed by atoms with Gasteiger partial charge in [0.05, 0.1) is 0 Å². The van der Waals surface area contributed by atoms with Crippen LogP contribution in [0.5, 0.6) is 0 Å². The molecule has 2 saturated carbocycles. The van der Waals surface area contributed by atoms with E-state index in [2.05, 4.69) is 20.4 Å². The number of Topliss-reactive ketones (excluding diaryl/α,β-unsaturated/α-hetero) is 1. The van der Waals surface area contributed by atoms with Crippen molar-refractivity contribution >= 4 is 5.78 Å². The Kier molecular flexibility index (Phi) is 3.72. The summed E-state index contributed by atoms with van der Waals surface area (Å²) < 4.78 is 0. The van der Waals surface area contributed by atoms with E-state index in [0.29, 0.717) is 35.9 Å². The zero-order valence-electron chi connectivity index (χ0n) is 11.0. The Morgan fingerprint density at radius 3 is 2.88 bits per heavy atom. The van der Waals surface area contributed by atoms with Crippen molar-refractivity contribution in [2.24, 2.45) is 29.6 Å². The SMILES string of the molecule is C=C1CC[C@@H](C(C)CO)[C@@H]2C[C@H](C)C(=O)C[C@@H]12. The molecule has 0 bridgehead atoms. The smallest absolute Gasteiger partial charge is 0.136 e. The molecule has 1 unspecified atom stereocenters. The van der Waals surface area contributed by atoms with Crippen molar-refractivity contribution in [1.29, 1.82) is 0 Å².